The van der Waals surface area contributed by atoms with Crippen LogP contribution in [-0.4, -0.2) is 40.9 Å². The van der Waals surface area contributed by atoms with Crippen LogP contribution in [0.2, 0.25) is 0 Å². The van der Waals surface area contributed by atoms with Gasteiger partial charge in [-0.3, -0.25) is 0 Å². The molecule has 0 spiro atoms. The average molecular weight is 291 g/mol. The van der Waals surface area contributed by atoms with Crippen LogP contribution in [0.15, 0.2) is 10.6 Å². The first-order chi connectivity index (χ1) is 10.1. The van der Waals surface area contributed by atoms with Gasteiger partial charge in [-0.15, -0.1) is 0 Å². The van der Waals surface area contributed by atoms with E-state index in [-0.39, 0.29) is 0 Å². The summed E-state index contributed by atoms with van der Waals surface area (Å²) in [5.41, 5.74) is 0.954. The standard InChI is InChI=1S/C14H21N5O2/c1-5-11-15-10(2)8-13(16-11)19(3)9-14-17-12(18-21-14)6-7-20-4/h8H,5-7,9H2,1-4H3. The summed E-state index contributed by atoms with van der Waals surface area (Å²) >= 11 is 0. The van der Waals surface area contributed by atoms with Crippen molar-refractivity contribution in [3.63, 3.8) is 0 Å². The maximum atomic E-state index is 5.24. The van der Waals surface area contributed by atoms with Gasteiger partial charge in [0.05, 0.1) is 13.2 Å². The molecule has 0 fully saturated rings. The van der Waals surface area contributed by atoms with Crippen LogP contribution in [0.5, 0.6) is 0 Å². The van der Waals surface area contributed by atoms with E-state index in [9.17, 15) is 0 Å². The van der Waals surface area contributed by atoms with Gasteiger partial charge in [0.25, 0.3) is 0 Å². The largest absolute Gasteiger partial charge is 0.384 e. The number of hydrogen-bond acceptors (Lipinski definition) is 7. The third-order valence-corrected chi connectivity index (χ3v) is 3.01. The van der Waals surface area contributed by atoms with Crippen LogP contribution in [-0.2, 0) is 24.1 Å². The molecule has 0 unspecified atom stereocenters. The van der Waals surface area contributed by atoms with E-state index in [1.165, 1.54) is 0 Å². The number of hydrogen-bond donors (Lipinski definition) is 0. The summed E-state index contributed by atoms with van der Waals surface area (Å²) in [6.45, 7) is 5.10. The Morgan fingerprint density at radius 2 is 2.05 bits per heavy atom. The fourth-order valence-electron chi connectivity index (χ4n) is 1.90. The van der Waals surface area contributed by atoms with Crippen LogP contribution >= 0.6 is 0 Å². The van der Waals surface area contributed by atoms with Crippen LogP contribution in [0.25, 0.3) is 0 Å². The van der Waals surface area contributed by atoms with Crippen LogP contribution in [0.1, 0.15) is 30.2 Å². The molecular formula is C14H21N5O2. The zero-order valence-corrected chi connectivity index (χ0v) is 13.0. The first kappa shape index (κ1) is 15.4. The monoisotopic (exact) mass is 291 g/mol. The molecule has 0 saturated carbocycles. The third kappa shape index (κ3) is 4.22. The normalized spacial score (nSPS) is 10.9. The summed E-state index contributed by atoms with van der Waals surface area (Å²) in [6, 6.07) is 1.95. The molecule has 0 aliphatic heterocycles. The van der Waals surface area contributed by atoms with Crippen LogP contribution in [0, 0.1) is 6.92 Å². The Balaban J connectivity index is 2.05. The molecule has 2 heterocycles. The van der Waals surface area contributed by atoms with Crippen molar-refractivity contribution in [3.8, 4) is 0 Å². The Morgan fingerprint density at radius 1 is 1.24 bits per heavy atom. The number of anilines is 1. The second-order valence-electron chi connectivity index (χ2n) is 4.84. The van der Waals surface area contributed by atoms with E-state index in [0.717, 1.165) is 23.8 Å². The second-order valence-corrected chi connectivity index (χ2v) is 4.84. The molecule has 0 saturated heterocycles. The zero-order chi connectivity index (χ0) is 15.2. The van der Waals surface area contributed by atoms with Crippen molar-refractivity contribution >= 4 is 5.82 Å². The molecule has 7 nitrogen and oxygen atoms in total. The Bertz CT molecular complexity index is 584. The first-order valence-electron chi connectivity index (χ1n) is 6.98. The molecular weight excluding hydrogens is 270 g/mol. The molecule has 0 aromatic carbocycles. The van der Waals surface area contributed by atoms with Crippen molar-refractivity contribution in [2.45, 2.75) is 33.2 Å². The summed E-state index contributed by atoms with van der Waals surface area (Å²) in [5, 5.41) is 3.93. The maximum absolute atomic E-state index is 5.24. The van der Waals surface area contributed by atoms with Crippen molar-refractivity contribution in [1.82, 2.24) is 20.1 Å². The van der Waals surface area contributed by atoms with Crippen molar-refractivity contribution in [3.05, 3.63) is 29.3 Å². The van der Waals surface area contributed by atoms with Gasteiger partial charge >= 0.3 is 0 Å². The molecule has 21 heavy (non-hydrogen) atoms. The number of methoxy groups -OCH3 is 1. The van der Waals surface area contributed by atoms with Crippen LogP contribution < -0.4 is 4.90 Å². The Hall–Kier alpha value is -2.02. The summed E-state index contributed by atoms with van der Waals surface area (Å²) in [4.78, 5) is 15.2. The molecule has 0 bridgehead atoms. The zero-order valence-electron chi connectivity index (χ0n) is 13.0. The molecule has 0 amide bonds. The molecule has 114 valence electrons. The molecule has 0 aliphatic rings. The molecule has 2 rings (SSSR count). The van der Waals surface area contributed by atoms with Gasteiger partial charge in [0.15, 0.2) is 5.82 Å². The lowest BCUT2D eigenvalue weighted by atomic mass is 10.3. The van der Waals surface area contributed by atoms with Crippen molar-refractivity contribution in [1.29, 1.82) is 0 Å². The first-order valence-corrected chi connectivity index (χ1v) is 6.98. The predicted molar refractivity (Wildman–Crippen MR) is 78.1 cm³/mol. The highest BCUT2D eigenvalue weighted by atomic mass is 16.5. The molecule has 0 atom stereocenters. The fourth-order valence-corrected chi connectivity index (χ4v) is 1.90. The van der Waals surface area contributed by atoms with E-state index < -0.39 is 0 Å². The lowest BCUT2D eigenvalue weighted by Gasteiger charge is -2.16. The van der Waals surface area contributed by atoms with Crippen LogP contribution in [0.4, 0.5) is 5.82 Å². The van der Waals surface area contributed by atoms with E-state index in [1.54, 1.807) is 7.11 Å². The van der Waals surface area contributed by atoms with Gasteiger partial charge in [-0.2, -0.15) is 4.98 Å². The summed E-state index contributed by atoms with van der Waals surface area (Å²) in [7, 11) is 3.60. The van der Waals surface area contributed by atoms with Crippen molar-refractivity contribution < 1.29 is 9.26 Å². The molecule has 2 aromatic heterocycles. The number of ether oxygens (including phenoxy) is 1. The van der Waals surface area contributed by atoms with E-state index in [0.29, 0.717) is 31.3 Å². The van der Waals surface area contributed by atoms with Crippen molar-refractivity contribution in [2.24, 2.45) is 0 Å². The molecule has 2 aromatic rings. The predicted octanol–water partition coefficient (Wildman–Crippen LogP) is 1.56. The van der Waals surface area contributed by atoms with Gasteiger partial charge in [0.2, 0.25) is 5.89 Å². The van der Waals surface area contributed by atoms with Gasteiger partial charge in [-0.05, 0) is 6.92 Å². The lowest BCUT2D eigenvalue weighted by Crippen LogP contribution is -2.19. The number of nitrogens with zero attached hydrogens (tertiary/aromatic N) is 5. The Morgan fingerprint density at radius 3 is 2.76 bits per heavy atom. The minimum atomic E-state index is 0.513. The second kappa shape index (κ2) is 7.12. The Labute approximate surface area is 124 Å². The summed E-state index contributed by atoms with van der Waals surface area (Å²) in [6.07, 6.45) is 1.46. The Kier molecular flexibility index (Phi) is 5.21. The SMILES string of the molecule is CCc1nc(C)cc(N(C)Cc2nc(CCOC)no2)n1. The van der Waals surface area contributed by atoms with E-state index in [1.807, 2.05) is 31.9 Å². The minimum absolute atomic E-state index is 0.513. The number of aromatic nitrogens is 4. The highest BCUT2D eigenvalue weighted by Crippen LogP contribution is 2.14. The molecule has 0 radical (unpaired) electrons. The van der Waals surface area contributed by atoms with Gasteiger partial charge in [0, 0.05) is 38.8 Å². The number of rotatable bonds is 7. The number of aryl methyl sites for hydroxylation is 2. The van der Waals surface area contributed by atoms with Gasteiger partial charge in [-0.1, -0.05) is 12.1 Å². The maximum Gasteiger partial charge on any atom is 0.246 e. The smallest absolute Gasteiger partial charge is 0.246 e. The lowest BCUT2D eigenvalue weighted by molar-refractivity contribution is 0.199. The molecule has 7 heteroatoms. The van der Waals surface area contributed by atoms with Crippen molar-refractivity contribution in [2.75, 3.05) is 25.7 Å². The average Bonchev–Trinajstić information content (AvgIpc) is 2.91. The fraction of sp³-hybridized carbons (Fsp3) is 0.571. The molecule has 0 N–H and O–H groups in total. The highest BCUT2D eigenvalue weighted by Gasteiger charge is 2.12. The minimum Gasteiger partial charge on any atom is -0.384 e. The van der Waals surface area contributed by atoms with Gasteiger partial charge in [0.1, 0.15) is 11.6 Å². The topological polar surface area (TPSA) is 77.2 Å². The molecule has 0 aliphatic carbocycles. The third-order valence-electron chi connectivity index (χ3n) is 3.01. The highest BCUT2D eigenvalue weighted by molar-refractivity contribution is 5.38. The van der Waals surface area contributed by atoms with E-state index >= 15 is 0 Å². The quantitative estimate of drug-likeness (QED) is 0.766. The van der Waals surface area contributed by atoms with Crippen LogP contribution in [0.3, 0.4) is 0 Å². The summed E-state index contributed by atoms with van der Waals surface area (Å²) < 4.78 is 10.2. The van der Waals surface area contributed by atoms with E-state index in [4.69, 9.17) is 9.26 Å². The van der Waals surface area contributed by atoms with Gasteiger partial charge < -0.3 is 14.2 Å². The van der Waals surface area contributed by atoms with E-state index in [2.05, 4.69) is 20.1 Å². The summed E-state index contributed by atoms with van der Waals surface area (Å²) in [5.74, 6) is 2.92. The van der Waals surface area contributed by atoms with Gasteiger partial charge in [-0.25, -0.2) is 9.97 Å².